The second-order valence-electron chi connectivity index (χ2n) is 8.39. The Bertz CT molecular complexity index is 1350. The lowest BCUT2D eigenvalue weighted by Crippen LogP contribution is -2.38. The molecule has 0 saturated carbocycles. The third-order valence-electron chi connectivity index (χ3n) is 5.40. The van der Waals surface area contributed by atoms with Crippen LogP contribution >= 0.6 is 23.2 Å². The Kier molecular flexibility index (Phi) is 7.62. The topological polar surface area (TPSA) is 87.7 Å². The molecule has 4 rings (SSSR count). The Morgan fingerprint density at radius 1 is 1.00 bits per heavy atom. The van der Waals surface area contributed by atoms with E-state index in [0.717, 1.165) is 21.6 Å². The number of amides is 4. The maximum atomic E-state index is 12.8. The smallest absolute Gasteiger partial charge is 0.329 e. The van der Waals surface area contributed by atoms with E-state index in [2.05, 4.69) is 10.6 Å². The Morgan fingerprint density at radius 2 is 1.69 bits per heavy atom. The predicted octanol–water partition coefficient (Wildman–Crippen LogP) is 5.72. The van der Waals surface area contributed by atoms with Gasteiger partial charge in [0, 0.05) is 5.69 Å². The summed E-state index contributed by atoms with van der Waals surface area (Å²) in [5, 5.41) is 5.67. The van der Waals surface area contributed by atoms with Crippen LogP contribution in [0.1, 0.15) is 22.3 Å². The van der Waals surface area contributed by atoms with Crippen molar-refractivity contribution >= 4 is 52.8 Å². The van der Waals surface area contributed by atoms with E-state index in [1.807, 2.05) is 50.2 Å². The molecule has 3 aromatic carbocycles. The van der Waals surface area contributed by atoms with Crippen molar-refractivity contribution in [3.05, 3.63) is 98.7 Å². The molecule has 7 nitrogen and oxygen atoms in total. The highest BCUT2D eigenvalue weighted by Gasteiger charge is 2.35. The molecule has 1 heterocycles. The predicted molar refractivity (Wildman–Crippen MR) is 140 cm³/mol. The zero-order valence-electron chi connectivity index (χ0n) is 19.6. The largest absolute Gasteiger partial charge is 0.486 e. The molecule has 0 unspecified atom stereocenters. The molecule has 1 aliphatic rings. The lowest BCUT2D eigenvalue weighted by Gasteiger charge is -2.12. The van der Waals surface area contributed by atoms with Crippen LogP contribution in [0.4, 0.5) is 10.5 Å². The van der Waals surface area contributed by atoms with Gasteiger partial charge in [-0.1, -0.05) is 70.7 Å². The summed E-state index contributed by atoms with van der Waals surface area (Å²) in [4.78, 5) is 38.3. The van der Waals surface area contributed by atoms with Gasteiger partial charge in [-0.3, -0.25) is 9.59 Å². The highest BCUT2D eigenvalue weighted by atomic mass is 35.5. The van der Waals surface area contributed by atoms with E-state index < -0.39 is 24.4 Å². The van der Waals surface area contributed by atoms with Crippen LogP contribution in [0.25, 0.3) is 6.08 Å². The quantitative estimate of drug-likeness (QED) is 0.306. The summed E-state index contributed by atoms with van der Waals surface area (Å²) >= 11 is 12.8. The summed E-state index contributed by atoms with van der Waals surface area (Å²) in [6, 6.07) is 17.5. The van der Waals surface area contributed by atoms with E-state index in [4.69, 9.17) is 27.9 Å². The van der Waals surface area contributed by atoms with Gasteiger partial charge in [0.2, 0.25) is 5.91 Å². The number of rotatable bonds is 7. The summed E-state index contributed by atoms with van der Waals surface area (Å²) in [7, 11) is 0. The van der Waals surface area contributed by atoms with Crippen molar-refractivity contribution in [3.8, 4) is 5.75 Å². The van der Waals surface area contributed by atoms with E-state index in [-0.39, 0.29) is 22.3 Å². The van der Waals surface area contributed by atoms with Crippen molar-refractivity contribution in [1.82, 2.24) is 10.2 Å². The normalized spacial score (nSPS) is 14.2. The van der Waals surface area contributed by atoms with Crippen LogP contribution in [-0.2, 0) is 16.2 Å². The van der Waals surface area contributed by atoms with Gasteiger partial charge in [0.25, 0.3) is 5.91 Å². The van der Waals surface area contributed by atoms with Crippen LogP contribution in [0.15, 0.2) is 66.4 Å². The fourth-order valence-electron chi connectivity index (χ4n) is 3.62. The molecular formula is C27H23Cl2N3O4. The maximum absolute atomic E-state index is 12.8. The number of urea groups is 1. The first-order valence-corrected chi connectivity index (χ1v) is 11.8. The number of hydrogen-bond acceptors (Lipinski definition) is 4. The SMILES string of the molecule is Cc1ccc(NC(=O)CN2C(=O)N/C(=C/c3cc(Cl)c(OCc4cccc(C)c4)c(Cl)c3)C2=O)cc1. The number of hydrogen-bond donors (Lipinski definition) is 2. The third kappa shape index (κ3) is 6.05. The Balaban J connectivity index is 1.43. The molecule has 0 spiro atoms. The first-order chi connectivity index (χ1) is 17.2. The van der Waals surface area contributed by atoms with Crippen LogP contribution in [0.3, 0.4) is 0 Å². The molecule has 0 aliphatic carbocycles. The van der Waals surface area contributed by atoms with E-state index in [1.165, 1.54) is 6.08 Å². The number of carbonyl (C=O) groups excluding carboxylic acids is 3. The van der Waals surface area contributed by atoms with E-state index >= 15 is 0 Å². The fraction of sp³-hybridized carbons (Fsp3) is 0.148. The molecule has 0 bridgehead atoms. The molecule has 1 fully saturated rings. The lowest BCUT2D eigenvalue weighted by atomic mass is 10.1. The summed E-state index contributed by atoms with van der Waals surface area (Å²) in [5.41, 5.74) is 4.19. The van der Waals surface area contributed by atoms with Gasteiger partial charge in [-0.15, -0.1) is 0 Å². The summed E-state index contributed by atoms with van der Waals surface area (Å²) < 4.78 is 5.81. The number of benzene rings is 3. The Morgan fingerprint density at radius 3 is 2.36 bits per heavy atom. The Hall–Kier alpha value is -3.81. The molecular weight excluding hydrogens is 501 g/mol. The zero-order chi connectivity index (χ0) is 25.8. The zero-order valence-corrected chi connectivity index (χ0v) is 21.1. The average molecular weight is 524 g/mol. The molecule has 1 saturated heterocycles. The number of halogens is 2. The molecule has 0 atom stereocenters. The number of carbonyl (C=O) groups is 3. The van der Waals surface area contributed by atoms with Crippen molar-refractivity contribution in [2.45, 2.75) is 20.5 Å². The van der Waals surface area contributed by atoms with Crippen molar-refractivity contribution < 1.29 is 19.1 Å². The van der Waals surface area contributed by atoms with Gasteiger partial charge in [0.15, 0.2) is 5.75 Å². The Labute approximate surface area is 218 Å². The molecule has 36 heavy (non-hydrogen) atoms. The van der Waals surface area contributed by atoms with E-state index in [0.29, 0.717) is 17.0 Å². The van der Waals surface area contributed by atoms with Crippen molar-refractivity contribution in [1.29, 1.82) is 0 Å². The maximum Gasteiger partial charge on any atom is 0.329 e. The monoisotopic (exact) mass is 523 g/mol. The molecule has 0 radical (unpaired) electrons. The minimum Gasteiger partial charge on any atom is -0.486 e. The van der Waals surface area contributed by atoms with Gasteiger partial charge in [-0.05, 0) is 55.3 Å². The fourth-order valence-corrected chi connectivity index (χ4v) is 4.23. The van der Waals surface area contributed by atoms with E-state index in [9.17, 15) is 14.4 Å². The van der Waals surface area contributed by atoms with Gasteiger partial charge in [0.1, 0.15) is 18.8 Å². The summed E-state index contributed by atoms with van der Waals surface area (Å²) in [6.45, 7) is 3.78. The second-order valence-corrected chi connectivity index (χ2v) is 9.20. The standard InChI is InChI=1S/C27H23Cl2N3O4/c1-16-6-8-20(9-7-16)30-24(33)14-32-26(34)23(31-27(32)35)13-19-11-21(28)25(22(29)12-19)36-15-18-5-3-4-17(2)10-18/h3-13H,14-15H2,1-2H3,(H,30,33)(H,31,35)/b23-13+. The number of imide groups is 1. The molecule has 0 aromatic heterocycles. The molecule has 2 N–H and O–H groups in total. The number of anilines is 1. The van der Waals surface area contributed by atoms with Gasteiger partial charge in [-0.2, -0.15) is 0 Å². The number of nitrogens with one attached hydrogen (secondary N) is 2. The first-order valence-electron chi connectivity index (χ1n) is 11.1. The number of aryl methyl sites for hydroxylation is 2. The highest BCUT2D eigenvalue weighted by Crippen LogP contribution is 2.35. The van der Waals surface area contributed by atoms with Crippen molar-refractivity contribution in [2.75, 3.05) is 11.9 Å². The highest BCUT2D eigenvalue weighted by molar-refractivity contribution is 6.37. The van der Waals surface area contributed by atoms with Crippen LogP contribution in [0, 0.1) is 13.8 Å². The molecule has 184 valence electrons. The van der Waals surface area contributed by atoms with Crippen LogP contribution in [-0.4, -0.2) is 29.3 Å². The average Bonchev–Trinajstić information content (AvgIpc) is 3.07. The van der Waals surface area contributed by atoms with Crippen LogP contribution in [0.2, 0.25) is 10.0 Å². The summed E-state index contributed by atoms with van der Waals surface area (Å²) in [5.74, 6) is -0.811. The van der Waals surface area contributed by atoms with Gasteiger partial charge in [-0.25, -0.2) is 9.69 Å². The molecule has 4 amide bonds. The minimum absolute atomic E-state index is 0.00342. The molecule has 9 heteroatoms. The van der Waals surface area contributed by atoms with Gasteiger partial charge >= 0.3 is 6.03 Å². The second kappa shape index (κ2) is 10.8. The van der Waals surface area contributed by atoms with E-state index in [1.54, 1.807) is 24.3 Å². The van der Waals surface area contributed by atoms with Crippen LogP contribution in [0.5, 0.6) is 5.75 Å². The number of ether oxygens (including phenoxy) is 1. The molecule has 3 aromatic rings. The van der Waals surface area contributed by atoms with Crippen molar-refractivity contribution in [2.24, 2.45) is 0 Å². The summed E-state index contributed by atoms with van der Waals surface area (Å²) in [6.07, 6.45) is 1.44. The lowest BCUT2D eigenvalue weighted by molar-refractivity contribution is -0.127. The number of nitrogens with zero attached hydrogens (tertiary/aromatic N) is 1. The van der Waals surface area contributed by atoms with Gasteiger partial charge in [0.05, 0.1) is 10.0 Å². The van der Waals surface area contributed by atoms with Crippen LogP contribution < -0.4 is 15.4 Å². The van der Waals surface area contributed by atoms with Crippen molar-refractivity contribution in [3.63, 3.8) is 0 Å². The first kappa shape index (κ1) is 25.3. The third-order valence-corrected chi connectivity index (χ3v) is 5.96. The molecule has 1 aliphatic heterocycles. The minimum atomic E-state index is -0.694. The van der Waals surface area contributed by atoms with Gasteiger partial charge < -0.3 is 15.4 Å².